The Labute approximate surface area is 102 Å². The first kappa shape index (κ1) is 11.5. The maximum absolute atomic E-state index is 4.49. The highest BCUT2D eigenvalue weighted by molar-refractivity contribution is 8.15. The fraction of sp³-hybridized carbons (Fsp3) is 0.462. The highest BCUT2D eigenvalue weighted by Crippen LogP contribution is 2.24. The average molecular weight is 234 g/mol. The number of aliphatic imine (C=N–C) groups is 1. The van der Waals surface area contributed by atoms with E-state index in [4.69, 9.17) is 0 Å². The monoisotopic (exact) mass is 234 g/mol. The van der Waals surface area contributed by atoms with Crippen molar-refractivity contribution >= 4 is 22.6 Å². The third-order valence-corrected chi connectivity index (χ3v) is 4.06. The number of hydrogen-bond donors (Lipinski definition) is 1. The molecule has 0 bridgehead atoms. The van der Waals surface area contributed by atoms with Crippen LogP contribution in [0.3, 0.4) is 0 Å². The van der Waals surface area contributed by atoms with Crippen LogP contribution in [0, 0.1) is 0 Å². The lowest BCUT2D eigenvalue weighted by atomic mass is 10.1. The van der Waals surface area contributed by atoms with Gasteiger partial charge in [-0.15, -0.1) is 0 Å². The van der Waals surface area contributed by atoms with Gasteiger partial charge in [-0.25, -0.2) is 0 Å². The average Bonchev–Trinajstić information content (AvgIpc) is 2.78. The molecule has 0 saturated heterocycles. The van der Waals surface area contributed by atoms with Gasteiger partial charge in [0.1, 0.15) is 0 Å². The van der Waals surface area contributed by atoms with Crippen LogP contribution in [0.5, 0.6) is 0 Å². The molecule has 1 aromatic rings. The van der Waals surface area contributed by atoms with Gasteiger partial charge in [0, 0.05) is 10.9 Å². The third-order valence-electron chi connectivity index (χ3n) is 2.79. The number of thioether (sulfide) groups is 1. The summed E-state index contributed by atoms with van der Waals surface area (Å²) in [7, 11) is 0. The number of nitrogens with zero attached hydrogens (tertiary/aromatic N) is 1. The summed E-state index contributed by atoms with van der Waals surface area (Å²) in [4.78, 5) is 4.49. The molecule has 86 valence electrons. The maximum atomic E-state index is 4.49. The number of anilines is 1. The van der Waals surface area contributed by atoms with Gasteiger partial charge in [-0.3, -0.25) is 4.99 Å². The Kier molecular flexibility index (Phi) is 3.88. The van der Waals surface area contributed by atoms with E-state index < -0.39 is 0 Å². The molecular formula is C13H18N2S. The molecule has 0 fully saturated rings. The first-order chi connectivity index (χ1) is 7.81. The quantitative estimate of drug-likeness (QED) is 0.865. The van der Waals surface area contributed by atoms with Crippen molar-refractivity contribution in [3.05, 3.63) is 29.8 Å². The highest BCUT2D eigenvalue weighted by Gasteiger charge is 2.17. The second kappa shape index (κ2) is 5.39. The van der Waals surface area contributed by atoms with Gasteiger partial charge in [0.2, 0.25) is 0 Å². The normalized spacial score (nSPS) is 19.6. The van der Waals surface area contributed by atoms with Crippen molar-refractivity contribution < 1.29 is 0 Å². The fourth-order valence-electron chi connectivity index (χ4n) is 1.65. The topological polar surface area (TPSA) is 24.4 Å². The molecule has 1 N–H and O–H groups in total. The summed E-state index contributed by atoms with van der Waals surface area (Å²) in [6.45, 7) is 5.34. The van der Waals surface area contributed by atoms with Crippen LogP contribution in [0.1, 0.15) is 25.8 Å². The molecule has 2 nitrogen and oxygen atoms in total. The van der Waals surface area contributed by atoms with Crippen LogP contribution in [0.4, 0.5) is 5.69 Å². The predicted octanol–water partition coefficient (Wildman–Crippen LogP) is 3.54. The first-order valence-electron chi connectivity index (χ1n) is 5.89. The minimum Gasteiger partial charge on any atom is -0.335 e. The molecule has 0 aliphatic carbocycles. The van der Waals surface area contributed by atoms with Gasteiger partial charge in [-0.05, 0) is 30.5 Å². The number of hydrogen-bond acceptors (Lipinski definition) is 3. The Hall–Kier alpha value is -0.960. The van der Waals surface area contributed by atoms with Crippen LogP contribution in [0.2, 0.25) is 0 Å². The summed E-state index contributed by atoms with van der Waals surface area (Å²) in [6.07, 6.45) is 2.28. The number of rotatable bonds is 3. The van der Waals surface area contributed by atoms with E-state index in [1.807, 2.05) is 11.8 Å². The Bertz CT molecular complexity index is 370. The molecule has 1 atom stereocenters. The molecule has 0 spiro atoms. The van der Waals surface area contributed by atoms with E-state index in [0.717, 1.165) is 23.8 Å². The van der Waals surface area contributed by atoms with Crippen molar-refractivity contribution in [1.29, 1.82) is 0 Å². The summed E-state index contributed by atoms with van der Waals surface area (Å²) >= 11 is 1.85. The number of amidine groups is 1. The Morgan fingerprint density at radius 2 is 2.06 bits per heavy atom. The molecule has 1 aromatic carbocycles. The molecule has 16 heavy (non-hydrogen) atoms. The molecule has 1 aliphatic rings. The predicted molar refractivity (Wildman–Crippen MR) is 73.4 cm³/mol. The molecule has 3 heteroatoms. The smallest absolute Gasteiger partial charge is 0.161 e. The van der Waals surface area contributed by atoms with Crippen LogP contribution in [-0.2, 0) is 6.42 Å². The van der Waals surface area contributed by atoms with Crippen molar-refractivity contribution in [3.63, 3.8) is 0 Å². The molecule has 0 radical (unpaired) electrons. The SMILES string of the molecule is CCc1ccc(NC2=NCC(CC)S2)cc1. The summed E-state index contributed by atoms with van der Waals surface area (Å²) in [5.41, 5.74) is 2.51. The molecule has 0 amide bonds. The van der Waals surface area contributed by atoms with Gasteiger partial charge in [-0.2, -0.15) is 0 Å². The Morgan fingerprint density at radius 1 is 1.31 bits per heavy atom. The molecule has 2 rings (SSSR count). The minimum absolute atomic E-state index is 0.664. The molecule has 1 heterocycles. The Balaban J connectivity index is 1.94. The van der Waals surface area contributed by atoms with E-state index in [-0.39, 0.29) is 0 Å². The van der Waals surface area contributed by atoms with E-state index in [9.17, 15) is 0 Å². The highest BCUT2D eigenvalue weighted by atomic mass is 32.2. The fourth-order valence-corrected chi connectivity index (χ4v) is 2.60. The first-order valence-corrected chi connectivity index (χ1v) is 6.76. The van der Waals surface area contributed by atoms with Crippen molar-refractivity contribution in [2.24, 2.45) is 4.99 Å². The molecule has 1 aliphatic heterocycles. The molecule has 1 unspecified atom stereocenters. The zero-order valence-electron chi connectivity index (χ0n) is 9.86. The third kappa shape index (κ3) is 2.79. The molecule has 0 aromatic heterocycles. The molecule has 0 saturated carbocycles. The lowest BCUT2D eigenvalue weighted by Gasteiger charge is -2.07. The molecular weight excluding hydrogens is 216 g/mol. The van der Waals surface area contributed by atoms with E-state index in [1.54, 1.807) is 0 Å². The van der Waals surface area contributed by atoms with Crippen LogP contribution >= 0.6 is 11.8 Å². The lowest BCUT2D eigenvalue weighted by molar-refractivity contribution is 0.843. The van der Waals surface area contributed by atoms with E-state index in [1.165, 1.54) is 12.0 Å². The van der Waals surface area contributed by atoms with E-state index in [2.05, 4.69) is 48.4 Å². The van der Waals surface area contributed by atoms with Crippen LogP contribution in [-0.4, -0.2) is 17.0 Å². The second-order valence-electron chi connectivity index (χ2n) is 3.97. The Morgan fingerprint density at radius 3 is 2.62 bits per heavy atom. The van der Waals surface area contributed by atoms with Crippen molar-refractivity contribution in [3.8, 4) is 0 Å². The minimum atomic E-state index is 0.664. The standard InChI is InChI=1S/C13H18N2S/c1-3-10-5-7-11(8-6-10)15-13-14-9-12(4-2)16-13/h5-8,12H,3-4,9H2,1-2H3,(H,14,15). The summed E-state index contributed by atoms with van der Waals surface area (Å²) in [6, 6.07) is 8.59. The van der Waals surface area contributed by atoms with E-state index >= 15 is 0 Å². The second-order valence-corrected chi connectivity index (χ2v) is 5.26. The summed E-state index contributed by atoms with van der Waals surface area (Å²) in [5, 5.41) is 5.10. The van der Waals surface area contributed by atoms with Gasteiger partial charge in [0.15, 0.2) is 5.17 Å². The summed E-state index contributed by atoms with van der Waals surface area (Å²) < 4.78 is 0. The van der Waals surface area contributed by atoms with Gasteiger partial charge in [0.25, 0.3) is 0 Å². The van der Waals surface area contributed by atoms with Crippen molar-refractivity contribution in [2.75, 3.05) is 11.9 Å². The number of benzene rings is 1. The van der Waals surface area contributed by atoms with Crippen LogP contribution < -0.4 is 5.32 Å². The van der Waals surface area contributed by atoms with Gasteiger partial charge >= 0.3 is 0 Å². The van der Waals surface area contributed by atoms with Crippen molar-refractivity contribution in [2.45, 2.75) is 31.9 Å². The zero-order chi connectivity index (χ0) is 11.4. The van der Waals surface area contributed by atoms with Crippen LogP contribution in [0.25, 0.3) is 0 Å². The van der Waals surface area contributed by atoms with Crippen LogP contribution in [0.15, 0.2) is 29.3 Å². The maximum Gasteiger partial charge on any atom is 0.161 e. The van der Waals surface area contributed by atoms with E-state index in [0.29, 0.717) is 5.25 Å². The van der Waals surface area contributed by atoms with Gasteiger partial charge < -0.3 is 5.32 Å². The lowest BCUT2D eigenvalue weighted by Crippen LogP contribution is -2.06. The van der Waals surface area contributed by atoms with Gasteiger partial charge in [-0.1, -0.05) is 37.7 Å². The summed E-state index contributed by atoms with van der Waals surface area (Å²) in [5.74, 6) is 0. The zero-order valence-corrected chi connectivity index (χ0v) is 10.7. The number of nitrogens with one attached hydrogen (secondary N) is 1. The van der Waals surface area contributed by atoms with Gasteiger partial charge in [0.05, 0.1) is 6.54 Å². The largest absolute Gasteiger partial charge is 0.335 e. The number of aryl methyl sites for hydroxylation is 1. The van der Waals surface area contributed by atoms with Crippen molar-refractivity contribution in [1.82, 2.24) is 0 Å².